The Labute approximate surface area is 171 Å². The molecule has 2 aliphatic carbocycles. The van der Waals surface area contributed by atoms with Gasteiger partial charge in [0.2, 0.25) is 0 Å². The molecule has 0 radical (unpaired) electrons. The molecule has 1 aromatic rings. The Bertz CT molecular complexity index is 619. The molecule has 0 amide bonds. The van der Waals surface area contributed by atoms with E-state index >= 15 is 0 Å². The number of aryl methyl sites for hydroxylation is 1. The topological polar surface area (TPSA) is 34.1 Å². The first-order chi connectivity index (χ1) is 12.8. The highest BCUT2D eigenvalue weighted by atomic mass is 35.5. The molecule has 2 fully saturated rings. The number of pyridine rings is 1. The Morgan fingerprint density at radius 2 is 1.78 bits per heavy atom. The van der Waals surface area contributed by atoms with Crippen molar-refractivity contribution in [2.24, 2.45) is 17.3 Å². The van der Waals surface area contributed by atoms with Gasteiger partial charge in [0.1, 0.15) is 0 Å². The largest absolute Gasteiger partial charge is 0.409 e. The number of fused-ring (bicyclic) bond motifs is 1. The molecule has 0 bridgehead atoms. The van der Waals surface area contributed by atoms with E-state index in [2.05, 4.69) is 51.8 Å². The standard InChI is InChI=1S/C22H37ClN2OSi/c1-7-27(8-2,9-3)26-20(21-15(4)12-24-13-19(21)23)14-25-16-10-17-18(11-16)22(17,5)6/h12-13,16-18,20,25H,7-11,14H2,1-6H3/t16-,17+,18-,20?. The summed E-state index contributed by atoms with van der Waals surface area (Å²) in [5, 5.41) is 4.59. The molecule has 152 valence electrons. The van der Waals surface area contributed by atoms with Crippen molar-refractivity contribution < 1.29 is 4.43 Å². The van der Waals surface area contributed by atoms with Crippen LogP contribution in [0, 0.1) is 24.2 Å². The predicted octanol–water partition coefficient (Wildman–Crippen LogP) is 6.13. The van der Waals surface area contributed by atoms with E-state index in [9.17, 15) is 0 Å². The van der Waals surface area contributed by atoms with Crippen LogP contribution in [0.3, 0.4) is 0 Å². The fourth-order valence-corrected chi connectivity index (χ4v) is 8.53. The first-order valence-corrected chi connectivity index (χ1v) is 13.7. The van der Waals surface area contributed by atoms with Crippen molar-refractivity contribution in [3.63, 3.8) is 0 Å². The van der Waals surface area contributed by atoms with E-state index in [1.165, 1.54) is 12.8 Å². The average Bonchev–Trinajstić information content (AvgIpc) is 3.00. The zero-order chi connectivity index (χ0) is 19.8. The first kappa shape index (κ1) is 21.3. The highest BCUT2D eigenvalue weighted by Gasteiger charge is 2.61. The molecular formula is C22H37ClN2OSi. The molecule has 1 heterocycles. The van der Waals surface area contributed by atoms with Crippen molar-refractivity contribution in [2.75, 3.05) is 6.54 Å². The molecule has 2 aliphatic rings. The molecule has 0 spiro atoms. The second-order valence-corrected chi connectivity index (χ2v) is 14.4. The quantitative estimate of drug-likeness (QED) is 0.499. The van der Waals surface area contributed by atoms with Gasteiger partial charge in [-0.05, 0) is 60.7 Å². The Kier molecular flexibility index (Phi) is 6.41. The molecule has 2 saturated carbocycles. The molecule has 1 unspecified atom stereocenters. The SMILES string of the molecule is CC[Si](CC)(CC)OC(CN[C@H]1C[C@@H]2[C@H](C1)C2(C)C)c1c(C)cncc1Cl. The number of nitrogens with zero attached hydrogens (tertiary/aromatic N) is 1. The molecule has 0 aromatic carbocycles. The average molecular weight is 409 g/mol. The summed E-state index contributed by atoms with van der Waals surface area (Å²) in [6, 6.07) is 4.08. The van der Waals surface area contributed by atoms with Crippen LogP contribution in [-0.4, -0.2) is 25.9 Å². The summed E-state index contributed by atoms with van der Waals surface area (Å²) >= 11 is 6.59. The van der Waals surface area contributed by atoms with Gasteiger partial charge >= 0.3 is 0 Å². The minimum absolute atomic E-state index is 0.0250. The summed E-state index contributed by atoms with van der Waals surface area (Å²) in [5.74, 6) is 1.83. The first-order valence-electron chi connectivity index (χ1n) is 10.8. The van der Waals surface area contributed by atoms with Gasteiger partial charge in [0, 0.05) is 30.5 Å². The number of rotatable bonds is 9. The fourth-order valence-electron chi connectivity index (χ4n) is 5.40. The molecule has 1 aromatic heterocycles. The molecule has 1 N–H and O–H groups in total. The van der Waals surface area contributed by atoms with Crippen LogP contribution in [-0.2, 0) is 4.43 Å². The smallest absolute Gasteiger partial charge is 0.192 e. The Morgan fingerprint density at radius 1 is 1.19 bits per heavy atom. The molecule has 0 aliphatic heterocycles. The van der Waals surface area contributed by atoms with Crippen LogP contribution in [0.2, 0.25) is 23.2 Å². The lowest BCUT2D eigenvalue weighted by molar-refractivity contribution is 0.178. The Morgan fingerprint density at radius 3 is 2.30 bits per heavy atom. The zero-order valence-corrected chi connectivity index (χ0v) is 19.7. The van der Waals surface area contributed by atoms with Gasteiger partial charge in [-0.25, -0.2) is 0 Å². The lowest BCUT2D eigenvalue weighted by atomic mass is 9.97. The molecule has 3 nitrogen and oxygen atoms in total. The van der Waals surface area contributed by atoms with Crippen LogP contribution in [0.15, 0.2) is 12.4 Å². The summed E-state index contributed by atoms with van der Waals surface area (Å²) in [7, 11) is -1.73. The lowest BCUT2D eigenvalue weighted by Crippen LogP contribution is -2.41. The maximum Gasteiger partial charge on any atom is 0.192 e. The maximum atomic E-state index is 6.94. The third-order valence-corrected chi connectivity index (χ3v) is 12.7. The number of aromatic nitrogens is 1. The maximum absolute atomic E-state index is 6.94. The molecule has 5 heteroatoms. The van der Waals surface area contributed by atoms with E-state index in [1.54, 1.807) is 6.20 Å². The van der Waals surface area contributed by atoms with Crippen molar-refractivity contribution in [3.05, 3.63) is 28.5 Å². The van der Waals surface area contributed by atoms with Crippen LogP contribution in [0.25, 0.3) is 0 Å². The van der Waals surface area contributed by atoms with E-state index in [1.807, 2.05) is 6.20 Å². The summed E-state index contributed by atoms with van der Waals surface area (Å²) < 4.78 is 6.94. The van der Waals surface area contributed by atoms with Crippen LogP contribution >= 0.6 is 11.6 Å². The Balaban J connectivity index is 1.74. The van der Waals surface area contributed by atoms with E-state index in [0.717, 1.165) is 52.7 Å². The van der Waals surface area contributed by atoms with Gasteiger partial charge < -0.3 is 9.74 Å². The van der Waals surface area contributed by atoms with E-state index in [0.29, 0.717) is 11.5 Å². The Hall–Kier alpha value is -0.423. The van der Waals surface area contributed by atoms with Crippen LogP contribution < -0.4 is 5.32 Å². The summed E-state index contributed by atoms with van der Waals surface area (Å²) in [4.78, 5) is 4.26. The minimum atomic E-state index is -1.73. The number of hydrogen-bond acceptors (Lipinski definition) is 3. The molecule has 27 heavy (non-hydrogen) atoms. The van der Waals surface area contributed by atoms with Crippen LogP contribution in [0.5, 0.6) is 0 Å². The second-order valence-electron chi connectivity index (χ2n) is 9.31. The normalized spacial score (nSPS) is 27.4. The number of halogens is 1. The molecule has 4 atom stereocenters. The molecular weight excluding hydrogens is 372 g/mol. The number of hydrogen-bond donors (Lipinski definition) is 1. The van der Waals surface area contributed by atoms with E-state index in [-0.39, 0.29) is 6.10 Å². The predicted molar refractivity (Wildman–Crippen MR) is 117 cm³/mol. The van der Waals surface area contributed by atoms with Crippen molar-refractivity contribution in [1.29, 1.82) is 0 Å². The highest BCUT2D eigenvalue weighted by molar-refractivity contribution is 6.73. The van der Waals surface area contributed by atoms with Crippen molar-refractivity contribution >= 4 is 19.9 Å². The molecule has 0 saturated heterocycles. The van der Waals surface area contributed by atoms with Gasteiger partial charge in [-0.15, -0.1) is 0 Å². The van der Waals surface area contributed by atoms with Gasteiger partial charge in [0.05, 0.1) is 11.1 Å². The summed E-state index contributed by atoms with van der Waals surface area (Å²) in [6.45, 7) is 14.7. The van der Waals surface area contributed by atoms with E-state index < -0.39 is 8.32 Å². The van der Waals surface area contributed by atoms with E-state index in [4.69, 9.17) is 16.0 Å². The van der Waals surface area contributed by atoms with Gasteiger partial charge in [-0.2, -0.15) is 0 Å². The molecule has 3 rings (SSSR count). The summed E-state index contributed by atoms with van der Waals surface area (Å²) in [6.07, 6.45) is 6.33. The zero-order valence-electron chi connectivity index (χ0n) is 17.9. The fraction of sp³-hybridized carbons (Fsp3) is 0.773. The number of nitrogens with one attached hydrogen (secondary N) is 1. The van der Waals surface area contributed by atoms with Gasteiger partial charge in [0.15, 0.2) is 8.32 Å². The third kappa shape index (κ3) is 4.14. The van der Waals surface area contributed by atoms with Crippen LogP contribution in [0.1, 0.15) is 64.7 Å². The highest BCUT2D eigenvalue weighted by Crippen LogP contribution is 2.66. The third-order valence-electron chi connectivity index (χ3n) is 7.74. The van der Waals surface area contributed by atoms with Crippen LogP contribution in [0.4, 0.5) is 0 Å². The van der Waals surface area contributed by atoms with Crippen molar-refractivity contribution in [1.82, 2.24) is 10.3 Å². The minimum Gasteiger partial charge on any atom is -0.409 e. The van der Waals surface area contributed by atoms with Crippen molar-refractivity contribution in [2.45, 2.75) is 84.7 Å². The van der Waals surface area contributed by atoms with Crippen molar-refractivity contribution in [3.8, 4) is 0 Å². The van der Waals surface area contributed by atoms with Gasteiger partial charge in [0.25, 0.3) is 0 Å². The lowest BCUT2D eigenvalue weighted by Gasteiger charge is -2.35. The van der Waals surface area contributed by atoms with Gasteiger partial charge in [-0.3, -0.25) is 4.98 Å². The summed E-state index contributed by atoms with van der Waals surface area (Å²) in [5.41, 5.74) is 2.85. The monoisotopic (exact) mass is 408 g/mol. The van der Waals surface area contributed by atoms with Gasteiger partial charge in [-0.1, -0.05) is 46.2 Å². The second kappa shape index (κ2) is 8.14.